The fraction of sp³-hybridized carbons (Fsp3) is 0. The second-order valence-electron chi connectivity index (χ2n) is 4.42. The largest absolute Gasteiger partial charge is 0.223 e. The van der Waals surface area contributed by atoms with Crippen LogP contribution in [0.5, 0.6) is 0 Å². The number of rotatable bonds is 2. The highest BCUT2D eigenvalue weighted by atomic mass is 35.5. The maximum atomic E-state index is 13.0. The van der Waals surface area contributed by atoms with Gasteiger partial charge in [-0.1, -0.05) is 0 Å². The molecule has 0 radical (unpaired) electrons. The van der Waals surface area contributed by atoms with Gasteiger partial charge in [0.25, 0.3) is 0 Å². The zero-order chi connectivity index (χ0) is 14.8. The summed E-state index contributed by atoms with van der Waals surface area (Å²) in [4.78, 5) is 8.27. The molecule has 0 fully saturated rings. The molecule has 0 spiro atoms. The summed E-state index contributed by atoms with van der Waals surface area (Å²) in [5.41, 5.74) is 2.61. The summed E-state index contributed by atoms with van der Waals surface area (Å²) in [6.07, 6.45) is 0. The van der Waals surface area contributed by atoms with E-state index >= 15 is 0 Å². The molecule has 0 atom stereocenters. The van der Waals surface area contributed by atoms with Crippen LogP contribution in [0.25, 0.3) is 22.5 Å². The molecule has 1 heterocycles. The second kappa shape index (κ2) is 5.58. The number of aromatic nitrogens is 2. The zero-order valence-corrected chi connectivity index (χ0v) is 11.5. The van der Waals surface area contributed by atoms with Gasteiger partial charge in [0.1, 0.15) is 11.6 Å². The van der Waals surface area contributed by atoms with Crippen LogP contribution in [0.2, 0.25) is 5.28 Å². The second-order valence-corrected chi connectivity index (χ2v) is 4.76. The first-order valence-electron chi connectivity index (χ1n) is 6.18. The maximum Gasteiger partial charge on any atom is 0.223 e. The van der Waals surface area contributed by atoms with Gasteiger partial charge < -0.3 is 0 Å². The Morgan fingerprint density at radius 3 is 1.43 bits per heavy atom. The Morgan fingerprint density at radius 2 is 1.05 bits per heavy atom. The Kier molecular flexibility index (Phi) is 3.62. The Hall–Kier alpha value is -2.33. The van der Waals surface area contributed by atoms with Gasteiger partial charge >= 0.3 is 0 Å². The molecular formula is C16H9ClF2N2. The van der Waals surface area contributed by atoms with Crippen molar-refractivity contribution in [1.29, 1.82) is 0 Å². The Labute approximate surface area is 125 Å². The van der Waals surface area contributed by atoms with Crippen molar-refractivity contribution in [2.24, 2.45) is 0 Å². The highest BCUT2D eigenvalue weighted by molar-refractivity contribution is 6.28. The summed E-state index contributed by atoms with van der Waals surface area (Å²) in [5, 5.41) is 0.0798. The summed E-state index contributed by atoms with van der Waals surface area (Å²) in [7, 11) is 0. The third kappa shape index (κ3) is 3.06. The highest BCUT2D eigenvalue weighted by Gasteiger charge is 2.08. The van der Waals surface area contributed by atoms with Gasteiger partial charge in [0.2, 0.25) is 5.28 Å². The molecule has 104 valence electrons. The van der Waals surface area contributed by atoms with E-state index in [1.165, 1.54) is 24.3 Å². The average Bonchev–Trinajstić information content (AvgIpc) is 2.48. The molecule has 21 heavy (non-hydrogen) atoms. The van der Waals surface area contributed by atoms with Crippen LogP contribution >= 0.6 is 11.6 Å². The van der Waals surface area contributed by atoms with Crippen molar-refractivity contribution in [2.75, 3.05) is 0 Å². The molecule has 0 saturated heterocycles. The van der Waals surface area contributed by atoms with Crippen molar-refractivity contribution in [3.8, 4) is 22.5 Å². The molecule has 0 unspecified atom stereocenters. The molecule has 0 aliphatic rings. The fourth-order valence-corrected chi connectivity index (χ4v) is 2.14. The van der Waals surface area contributed by atoms with Gasteiger partial charge in [-0.3, -0.25) is 0 Å². The van der Waals surface area contributed by atoms with Crippen molar-refractivity contribution in [3.63, 3.8) is 0 Å². The SMILES string of the molecule is Fc1ccc(-c2cc(-c3ccc(F)cc3)nc(Cl)n2)cc1. The third-order valence-corrected chi connectivity index (χ3v) is 3.15. The zero-order valence-electron chi connectivity index (χ0n) is 10.7. The predicted molar refractivity (Wildman–Crippen MR) is 77.8 cm³/mol. The monoisotopic (exact) mass is 302 g/mol. The molecule has 3 rings (SSSR count). The van der Waals surface area contributed by atoms with Crippen LogP contribution < -0.4 is 0 Å². The number of benzene rings is 2. The minimum atomic E-state index is -0.322. The lowest BCUT2D eigenvalue weighted by Crippen LogP contribution is -1.92. The van der Waals surface area contributed by atoms with Crippen LogP contribution in [-0.2, 0) is 0 Å². The molecule has 2 aromatic carbocycles. The smallest absolute Gasteiger partial charge is 0.218 e. The van der Waals surface area contributed by atoms with E-state index in [9.17, 15) is 8.78 Å². The summed E-state index contributed by atoms with van der Waals surface area (Å²) in [6, 6.07) is 13.6. The van der Waals surface area contributed by atoms with Crippen LogP contribution in [0.4, 0.5) is 8.78 Å². The molecular weight excluding hydrogens is 294 g/mol. The Bertz CT molecular complexity index is 708. The van der Waals surface area contributed by atoms with Gasteiger partial charge in [0.05, 0.1) is 11.4 Å². The number of nitrogens with zero attached hydrogens (tertiary/aromatic N) is 2. The molecule has 3 aromatic rings. The van der Waals surface area contributed by atoms with Gasteiger partial charge in [-0.15, -0.1) is 0 Å². The Balaban J connectivity index is 2.07. The van der Waals surface area contributed by atoms with E-state index in [0.717, 1.165) is 11.1 Å². The van der Waals surface area contributed by atoms with Gasteiger partial charge in [-0.05, 0) is 66.2 Å². The maximum absolute atomic E-state index is 13.0. The summed E-state index contributed by atoms with van der Waals surface area (Å²) in [6.45, 7) is 0. The van der Waals surface area contributed by atoms with Crippen molar-refractivity contribution in [3.05, 3.63) is 71.5 Å². The minimum Gasteiger partial charge on any atom is -0.218 e. The lowest BCUT2D eigenvalue weighted by Gasteiger charge is -2.06. The van der Waals surface area contributed by atoms with Crippen molar-refractivity contribution in [2.45, 2.75) is 0 Å². The third-order valence-electron chi connectivity index (χ3n) is 2.98. The number of hydrogen-bond donors (Lipinski definition) is 0. The molecule has 0 amide bonds. The molecule has 0 saturated carbocycles. The molecule has 0 N–H and O–H groups in total. The Morgan fingerprint density at radius 1 is 0.667 bits per heavy atom. The first-order chi connectivity index (χ1) is 10.1. The quantitative estimate of drug-likeness (QED) is 0.639. The standard InChI is InChI=1S/C16H9ClF2N2/c17-16-20-14(10-1-5-12(18)6-2-10)9-15(21-16)11-3-7-13(19)8-4-11/h1-9H. The summed E-state index contributed by atoms with van der Waals surface area (Å²) < 4.78 is 25.9. The van der Waals surface area contributed by atoms with Crippen LogP contribution in [0.15, 0.2) is 54.6 Å². The first kappa shape index (κ1) is 13.6. The summed E-state index contributed by atoms with van der Waals surface area (Å²) >= 11 is 5.94. The molecule has 0 aliphatic heterocycles. The molecule has 5 heteroatoms. The van der Waals surface area contributed by atoms with E-state index in [1.807, 2.05) is 0 Å². The van der Waals surface area contributed by atoms with Crippen LogP contribution in [-0.4, -0.2) is 9.97 Å². The fourth-order valence-electron chi connectivity index (χ4n) is 1.95. The van der Waals surface area contributed by atoms with E-state index in [-0.39, 0.29) is 16.9 Å². The van der Waals surface area contributed by atoms with Crippen LogP contribution in [0, 0.1) is 11.6 Å². The van der Waals surface area contributed by atoms with E-state index in [1.54, 1.807) is 30.3 Å². The van der Waals surface area contributed by atoms with Crippen molar-refractivity contribution < 1.29 is 8.78 Å². The normalized spacial score (nSPS) is 10.6. The average molecular weight is 303 g/mol. The molecule has 0 aliphatic carbocycles. The molecule has 0 bridgehead atoms. The molecule has 1 aromatic heterocycles. The number of halogens is 3. The van der Waals surface area contributed by atoms with Crippen LogP contribution in [0.1, 0.15) is 0 Å². The topological polar surface area (TPSA) is 25.8 Å². The van der Waals surface area contributed by atoms with Gasteiger partial charge in [0.15, 0.2) is 0 Å². The van der Waals surface area contributed by atoms with Gasteiger partial charge in [-0.2, -0.15) is 0 Å². The van der Waals surface area contributed by atoms with Crippen molar-refractivity contribution >= 4 is 11.6 Å². The first-order valence-corrected chi connectivity index (χ1v) is 6.56. The van der Waals surface area contributed by atoms with E-state index < -0.39 is 0 Å². The van der Waals surface area contributed by atoms with Gasteiger partial charge in [-0.25, -0.2) is 18.7 Å². The lowest BCUT2D eigenvalue weighted by atomic mass is 10.1. The van der Waals surface area contributed by atoms with E-state index in [0.29, 0.717) is 11.4 Å². The number of hydrogen-bond acceptors (Lipinski definition) is 2. The lowest BCUT2D eigenvalue weighted by molar-refractivity contribution is 0.627. The summed E-state index contributed by atoms with van der Waals surface area (Å²) in [5.74, 6) is -0.643. The molecule has 2 nitrogen and oxygen atoms in total. The van der Waals surface area contributed by atoms with Crippen molar-refractivity contribution in [1.82, 2.24) is 9.97 Å². The van der Waals surface area contributed by atoms with E-state index in [2.05, 4.69) is 9.97 Å². The predicted octanol–water partition coefficient (Wildman–Crippen LogP) is 4.74. The minimum absolute atomic E-state index is 0.0798. The van der Waals surface area contributed by atoms with Gasteiger partial charge in [0, 0.05) is 11.1 Å². The van der Waals surface area contributed by atoms with Crippen LogP contribution in [0.3, 0.4) is 0 Å². The van der Waals surface area contributed by atoms with E-state index in [4.69, 9.17) is 11.6 Å². The highest BCUT2D eigenvalue weighted by Crippen LogP contribution is 2.25.